The van der Waals surface area contributed by atoms with Crippen molar-refractivity contribution in [3.05, 3.63) is 48.5 Å². The average molecular weight is 280 g/mol. The van der Waals surface area contributed by atoms with E-state index in [1.165, 1.54) is 34.6 Å². The van der Waals surface area contributed by atoms with Crippen LogP contribution in [-0.2, 0) is 6.54 Å². The minimum Gasteiger partial charge on any atom is -0.395 e. The van der Waals surface area contributed by atoms with Gasteiger partial charge in [0.25, 0.3) is 0 Å². The summed E-state index contributed by atoms with van der Waals surface area (Å²) >= 11 is 0. The van der Waals surface area contributed by atoms with Crippen molar-refractivity contribution in [2.45, 2.75) is 31.5 Å². The second-order valence-corrected chi connectivity index (χ2v) is 5.97. The molecule has 3 aromatic rings. The van der Waals surface area contributed by atoms with Gasteiger partial charge >= 0.3 is 0 Å². The molecule has 1 unspecified atom stereocenters. The molecule has 108 valence electrons. The Balaban J connectivity index is 1.80. The maximum absolute atomic E-state index is 9.67. The summed E-state index contributed by atoms with van der Waals surface area (Å²) in [5, 5.41) is 15.8. The standard InChI is InChI=1S/C18H20N2O/c21-12-14(19-13-9-10-13)11-20-17-7-3-1-5-15(17)16-6-2-4-8-18(16)20/h1-8,13-14,19,21H,9-12H2. The van der Waals surface area contributed by atoms with E-state index in [-0.39, 0.29) is 12.6 Å². The highest BCUT2D eigenvalue weighted by Gasteiger charge is 2.25. The van der Waals surface area contributed by atoms with Crippen molar-refractivity contribution in [3.8, 4) is 0 Å². The van der Waals surface area contributed by atoms with Gasteiger partial charge in [-0.3, -0.25) is 0 Å². The van der Waals surface area contributed by atoms with Crippen LogP contribution in [0.1, 0.15) is 12.8 Å². The highest BCUT2D eigenvalue weighted by atomic mass is 16.3. The van der Waals surface area contributed by atoms with Gasteiger partial charge in [-0.2, -0.15) is 0 Å². The van der Waals surface area contributed by atoms with Crippen LogP contribution in [0.2, 0.25) is 0 Å². The van der Waals surface area contributed by atoms with Gasteiger partial charge in [0.1, 0.15) is 0 Å². The first-order chi connectivity index (χ1) is 10.4. The van der Waals surface area contributed by atoms with Gasteiger partial charge < -0.3 is 15.0 Å². The van der Waals surface area contributed by atoms with E-state index in [9.17, 15) is 5.11 Å². The van der Waals surface area contributed by atoms with Crippen LogP contribution in [0.4, 0.5) is 0 Å². The minimum absolute atomic E-state index is 0.122. The number of nitrogens with zero attached hydrogens (tertiary/aromatic N) is 1. The van der Waals surface area contributed by atoms with Gasteiger partial charge in [-0.05, 0) is 25.0 Å². The molecule has 1 fully saturated rings. The van der Waals surface area contributed by atoms with Crippen molar-refractivity contribution in [1.82, 2.24) is 9.88 Å². The van der Waals surface area contributed by atoms with E-state index in [2.05, 4.69) is 58.4 Å². The lowest BCUT2D eigenvalue weighted by molar-refractivity contribution is 0.229. The van der Waals surface area contributed by atoms with E-state index >= 15 is 0 Å². The molecule has 0 aliphatic heterocycles. The van der Waals surface area contributed by atoms with E-state index in [4.69, 9.17) is 0 Å². The smallest absolute Gasteiger partial charge is 0.0602 e. The molecule has 2 aromatic carbocycles. The number of aliphatic hydroxyl groups excluding tert-OH is 1. The first-order valence-corrected chi connectivity index (χ1v) is 7.69. The zero-order valence-electron chi connectivity index (χ0n) is 12.0. The number of hydrogen-bond acceptors (Lipinski definition) is 2. The lowest BCUT2D eigenvalue weighted by Crippen LogP contribution is -2.37. The SMILES string of the molecule is OCC(Cn1c2ccccc2c2ccccc21)NC1CC1. The monoisotopic (exact) mass is 280 g/mol. The van der Waals surface area contributed by atoms with Gasteiger partial charge in [0.15, 0.2) is 0 Å². The third-order valence-electron chi connectivity index (χ3n) is 4.35. The molecule has 4 rings (SSSR count). The number of benzene rings is 2. The van der Waals surface area contributed by atoms with Crippen LogP contribution in [0.3, 0.4) is 0 Å². The molecule has 21 heavy (non-hydrogen) atoms. The minimum atomic E-state index is 0.122. The van der Waals surface area contributed by atoms with Gasteiger partial charge in [0.05, 0.1) is 6.61 Å². The predicted octanol–water partition coefficient (Wildman–Crippen LogP) is 2.91. The molecule has 1 aromatic heterocycles. The topological polar surface area (TPSA) is 37.2 Å². The molecule has 2 N–H and O–H groups in total. The van der Waals surface area contributed by atoms with Crippen LogP contribution in [-0.4, -0.2) is 28.4 Å². The first-order valence-electron chi connectivity index (χ1n) is 7.69. The second-order valence-electron chi connectivity index (χ2n) is 5.97. The van der Waals surface area contributed by atoms with Gasteiger partial charge in [-0.1, -0.05) is 36.4 Å². The van der Waals surface area contributed by atoms with Crippen LogP contribution in [0.15, 0.2) is 48.5 Å². The average Bonchev–Trinajstić information content (AvgIpc) is 3.30. The normalized spacial score (nSPS) is 16.6. The van der Waals surface area contributed by atoms with Crippen molar-refractivity contribution in [3.63, 3.8) is 0 Å². The van der Waals surface area contributed by atoms with Crippen LogP contribution >= 0.6 is 0 Å². The number of nitrogens with one attached hydrogen (secondary N) is 1. The van der Waals surface area contributed by atoms with Crippen LogP contribution < -0.4 is 5.32 Å². The summed E-state index contributed by atoms with van der Waals surface area (Å²) in [6.45, 7) is 0.984. The zero-order valence-corrected chi connectivity index (χ0v) is 12.0. The second kappa shape index (κ2) is 5.17. The molecule has 3 nitrogen and oxygen atoms in total. The van der Waals surface area contributed by atoms with Gasteiger partial charge in [-0.15, -0.1) is 0 Å². The number of para-hydroxylation sites is 2. The summed E-state index contributed by atoms with van der Waals surface area (Å²) in [4.78, 5) is 0. The first kappa shape index (κ1) is 12.9. The predicted molar refractivity (Wildman–Crippen MR) is 86.5 cm³/mol. The Kier molecular flexibility index (Phi) is 3.17. The number of fused-ring (bicyclic) bond motifs is 3. The quantitative estimate of drug-likeness (QED) is 0.754. The Morgan fingerprint density at radius 1 is 1.00 bits per heavy atom. The Labute approximate surface area is 124 Å². The molecule has 1 aliphatic carbocycles. The molecule has 0 spiro atoms. The number of aliphatic hydroxyl groups is 1. The molecule has 1 heterocycles. The van der Waals surface area contributed by atoms with Crippen molar-refractivity contribution in [1.29, 1.82) is 0 Å². The molecule has 0 radical (unpaired) electrons. The Hall–Kier alpha value is -1.84. The molecule has 0 amide bonds. The lowest BCUT2D eigenvalue weighted by atomic mass is 10.2. The van der Waals surface area contributed by atoms with Gasteiger partial charge in [-0.25, -0.2) is 0 Å². The fourth-order valence-electron chi connectivity index (χ4n) is 3.17. The van der Waals surface area contributed by atoms with Crippen molar-refractivity contribution in [2.75, 3.05) is 6.61 Å². The molecule has 3 heteroatoms. The van der Waals surface area contributed by atoms with Crippen molar-refractivity contribution < 1.29 is 5.11 Å². The molecule has 1 aliphatic rings. The van der Waals surface area contributed by atoms with Crippen molar-refractivity contribution >= 4 is 21.8 Å². The van der Waals surface area contributed by atoms with Crippen LogP contribution in [0, 0.1) is 0 Å². The third-order valence-corrected chi connectivity index (χ3v) is 4.35. The van der Waals surface area contributed by atoms with E-state index in [0.717, 1.165) is 6.54 Å². The van der Waals surface area contributed by atoms with Crippen LogP contribution in [0.5, 0.6) is 0 Å². The number of rotatable bonds is 5. The van der Waals surface area contributed by atoms with Gasteiger partial charge in [0, 0.05) is 40.4 Å². The summed E-state index contributed by atoms with van der Waals surface area (Å²) in [6, 6.07) is 17.8. The maximum Gasteiger partial charge on any atom is 0.0602 e. The molecular weight excluding hydrogens is 260 g/mol. The Morgan fingerprint density at radius 2 is 1.57 bits per heavy atom. The lowest BCUT2D eigenvalue weighted by Gasteiger charge is -2.18. The third kappa shape index (κ3) is 2.33. The van der Waals surface area contributed by atoms with Gasteiger partial charge in [0.2, 0.25) is 0 Å². The molecule has 0 bridgehead atoms. The number of hydrogen-bond donors (Lipinski definition) is 2. The highest BCUT2D eigenvalue weighted by Crippen LogP contribution is 2.29. The summed E-state index contributed by atoms with van der Waals surface area (Å²) in [7, 11) is 0. The fourth-order valence-corrected chi connectivity index (χ4v) is 3.17. The van der Waals surface area contributed by atoms with E-state index in [1.54, 1.807) is 0 Å². The van der Waals surface area contributed by atoms with E-state index < -0.39 is 0 Å². The summed E-state index contributed by atoms with van der Waals surface area (Å²) in [5.74, 6) is 0. The maximum atomic E-state index is 9.67. The highest BCUT2D eigenvalue weighted by molar-refractivity contribution is 6.07. The van der Waals surface area contributed by atoms with E-state index in [1.807, 2.05) is 0 Å². The largest absolute Gasteiger partial charge is 0.395 e. The van der Waals surface area contributed by atoms with Crippen LogP contribution in [0.25, 0.3) is 21.8 Å². The Morgan fingerprint density at radius 3 is 2.10 bits per heavy atom. The molecule has 1 saturated carbocycles. The van der Waals surface area contributed by atoms with E-state index in [0.29, 0.717) is 6.04 Å². The number of aromatic nitrogens is 1. The summed E-state index contributed by atoms with van der Waals surface area (Å²) in [6.07, 6.45) is 2.48. The molecular formula is C18H20N2O. The Bertz CT molecular complexity index is 720. The fraction of sp³-hybridized carbons (Fsp3) is 0.333. The summed E-state index contributed by atoms with van der Waals surface area (Å²) < 4.78 is 2.33. The molecule has 1 atom stereocenters. The van der Waals surface area contributed by atoms with Crippen molar-refractivity contribution in [2.24, 2.45) is 0 Å². The zero-order chi connectivity index (χ0) is 14.2. The summed E-state index contributed by atoms with van der Waals surface area (Å²) in [5.41, 5.74) is 2.49. The molecule has 0 saturated heterocycles.